The summed E-state index contributed by atoms with van der Waals surface area (Å²) in [5.74, 6) is 1.31. The standard InChI is InChI=1S/C13H14ClN3O/c14-9-12-15-13(16-18-12)10-4-3-5-11(8-10)17-6-1-2-7-17/h3-5,8H,1-2,6-7,9H2. The highest BCUT2D eigenvalue weighted by Gasteiger charge is 2.14. The molecule has 1 aliphatic heterocycles. The van der Waals surface area contributed by atoms with Crippen molar-refractivity contribution >= 4 is 17.3 Å². The largest absolute Gasteiger partial charge is 0.372 e. The van der Waals surface area contributed by atoms with Crippen molar-refractivity contribution < 1.29 is 4.52 Å². The Bertz CT molecular complexity index is 535. The molecular formula is C13H14ClN3O. The predicted molar refractivity (Wildman–Crippen MR) is 70.7 cm³/mol. The van der Waals surface area contributed by atoms with Crippen LogP contribution < -0.4 is 4.90 Å². The smallest absolute Gasteiger partial charge is 0.241 e. The third kappa shape index (κ3) is 2.20. The third-order valence-corrected chi connectivity index (χ3v) is 3.39. The van der Waals surface area contributed by atoms with Gasteiger partial charge >= 0.3 is 0 Å². The van der Waals surface area contributed by atoms with Crippen molar-refractivity contribution in [2.24, 2.45) is 0 Å². The van der Waals surface area contributed by atoms with Gasteiger partial charge in [-0.1, -0.05) is 17.3 Å². The highest BCUT2D eigenvalue weighted by molar-refractivity contribution is 6.16. The van der Waals surface area contributed by atoms with Gasteiger partial charge in [-0.15, -0.1) is 11.6 Å². The molecule has 1 fully saturated rings. The van der Waals surface area contributed by atoms with E-state index in [1.54, 1.807) is 0 Å². The summed E-state index contributed by atoms with van der Waals surface area (Å²) in [5.41, 5.74) is 2.20. The van der Waals surface area contributed by atoms with Gasteiger partial charge in [0.2, 0.25) is 11.7 Å². The van der Waals surface area contributed by atoms with Gasteiger partial charge in [0.1, 0.15) is 5.88 Å². The van der Waals surface area contributed by atoms with Crippen molar-refractivity contribution in [2.45, 2.75) is 18.7 Å². The zero-order valence-corrected chi connectivity index (χ0v) is 10.7. The Labute approximate surface area is 111 Å². The average Bonchev–Trinajstić information content (AvgIpc) is 3.10. The van der Waals surface area contributed by atoms with E-state index in [-0.39, 0.29) is 5.88 Å². The maximum absolute atomic E-state index is 5.66. The van der Waals surface area contributed by atoms with Crippen molar-refractivity contribution in [3.8, 4) is 11.4 Å². The van der Waals surface area contributed by atoms with E-state index in [9.17, 15) is 0 Å². The topological polar surface area (TPSA) is 42.2 Å². The molecule has 1 aromatic heterocycles. The van der Waals surface area contributed by atoms with Crippen LogP contribution in [0.1, 0.15) is 18.7 Å². The van der Waals surface area contributed by atoms with Crippen molar-refractivity contribution in [3.63, 3.8) is 0 Å². The van der Waals surface area contributed by atoms with Gasteiger partial charge in [-0.05, 0) is 25.0 Å². The molecule has 2 aromatic rings. The summed E-state index contributed by atoms with van der Waals surface area (Å²) in [6, 6.07) is 8.24. The van der Waals surface area contributed by atoms with E-state index in [0.29, 0.717) is 11.7 Å². The van der Waals surface area contributed by atoms with Crippen LogP contribution in [0.5, 0.6) is 0 Å². The molecule has 0 amide bonds. The van der Waals surface area contributed by atoms with Crippen LogP contribution in [-0.4, -0.2) is 23.2 Å². The Balaban J connectivity index is 1.90. The summed E-state index contributed by atoms with van der Waals surface area (Å²) >= 11 is 5.66. The molecule has 0 saturated carbocycles. The highest BCUT2D eigenvalue weighted by atomic mass is 35.5. The Morgan fingerprint density at radius 2 is 2.11 bits per heavy atom. The van der Waals surface area contributed by atoms with Gasteiger partial charge in [0.25, 0.3) is 0 Å². The molecule has 0 atom stereocenters. The number of anilines is 1. The summed E-state index contributed by atoms with van der Waals surface area (Å²) in [5, 5.41) is 3.94. The summed E-state index contributed by atoms with van der Waals surface area (Å²) in [6.07, 6.45) is 2.53. The summed E-state index contributed by atoms with van der Waals surface area (Å²) in [4.78, 5) is 6.62. The molecule has 0 aliphatic carbocycles. The van der Waals surface area contributed by atoms with Crippen LogP contribution in [0.15, 0.2) is 28.8 Å². The van der Waals surface area contributed by atoms with E-state index >= 15 is 0 Å². The van der Waals surface area contributed by atoms with Crippen LogP contribution in [0.4, 0.5) is 5.69 Å². The lowest BCUT2D eigenvalue weighted by Crippen LogP contribution is -2.17. The maximum Gasteiger partial charge on any atom is 0.241 e. The van der Waals surface area contributed by atoms with Crippen LogP contribution >= 0.6 is 11.6 Å². The molecule has 18 heavy (non-hydrogen) atoms. The second-order valence-electron chi connectivity index (χ2n) is 4.39. The lowest BCUT2D eigenvalue weighted by atomic mass is 10.2. The molecule has 1 aromatic carbocycles. The molecule has 1 saturated heterocycles. The molecule has 3 rings (SSSR count). The van der Waals surface area contributed by atoms with E-state index in [0.717, 1.165) is 18.7 Å². The first-order valence-electron chi connectivity index (χ1n) is 6.11. The fourth-order valence-electron chi connectivity index (χ4n) is 2.24. The maximum atomic E-state index is 5.66. The van der Waals surface area contributed by atoms with Gasteiger partial charge in [-0.25, -0.2) is 0 Å². The molecule has 5 heteroatoms. The molecule has 4 nitrogen and oxygen atoms in total. The SMILES string of the molecule is ClCc1nc(-c2cccc(N3CCCC3)c2)no1. The number of aromatic nitrogens is 2. The number of rotatable bonds is 3. The highest BCUT2D eigenvalue weighted by Crippen LogP contribution is 2.25. The van der Waals surface area contributed by atoms with E-state index in [2.05, 4.69) is 27.2 Å². The van der Waals surface area contributed by atoms with Crippen molar-refractivity contribution in [1.29, 1.82) is 0 Å². The molecular weight excluding hydrogens is 250 g/mol. The van der Waals surface area contributed by atoms with Gasteiger partial charge in [-0.3, -0.25) is 0 Å². The molecule has 2 heterocycles. The second-order valence-corrected chi connectivity index (χ2v) is 4.66. The minimum atomic E-state index is 0.249. The predicted octanol–water partition coefficient (Wildman–Crippen LogP) is 3.08. The van der Waals surface area contributed by atoms with Crippen molar-refractivity contribution in [1.82, 2.24) is 10.1 Å². The quantitative estimate of drug-likeness (QED) is 0.798. The van der Waals surface area contributed by atoms with Crippen molar-refractivity contribution in [3.05, 3.63) is 30.2 Å². The van der Waals surface area contributed by atoms with Crippen LogP contribution in [0.3, 0.4) is 0 Å². The summed E-state index contributed by atoms with van der Waals surface area (Å²) in [7, 11) is 0. The Morgan fingerprint density at radius 1 is 1.28 bits per heavy atom. The minimum Gasteiger partial charge on any atom is -0.372 e. The fourth-order valence-corrected chi connectivity index (χ4v) is 2.35. The number of nitrogens with zero attached hydrogens (tertiary/aromatic N) is 3. The number of hydrogen-bond acceptors (Lipinski definition) is 4. The first-order valence-corrected chi connectivity index (χ1v) is 6.64. The molecule has 0 radical (unpaired) electrons. The Morgan fingerprint density at radius 3 is 2.83 bits per heavy atom. The zero-order chi connectivity index (χ0) is 12.4. The number of benzene rings is 1. The second kappa shape index (κ2) is 4.98. The number of halogens is 1. The number of alkyl halides is 1. The summed E-state index contributed by atoms with van der Waals surface area (Å²) in [6.45, 7) is 2.26. The van der Waals surface area contributed by atoms with E-state index < -0.39 is 0 Å². The van der Waals surface area contributed by atoms with E-state index in [1.807, 2.05) is 12.1 Å². The zero-order valence-electron chi connectivity index (χ0n) is 9.97. The van der Waals surface area contributed by atoms with Crippen LogP contribution in [0.25, 0.3) is 11.4 Å². The average molecular weight is 264 g/mol. The lowest BCUT2D eigenvalue weighted by Gasteiger charge is -2.17. The van der Waals surface area contributed by atoms with Gasteiger partial charge in [0.15, 0.2) is 0 Å². The van der Waals surface area contributed by atoms with Crippen LogP contribution in [0.2, 0.25) is 0 Å². The van der Waals surface area contributed by atoms with Gasteiger partial charge in [0.05, 0.1) is 0 Å². The minimum absolute atomic E-state index is 0.249. The van der Waals surface area contributed by atoms with Gasteiger partial charge in [-0.2, -0.15) is 4.98 Å². The first-order chi connectivity index (χ1) is 8.86. The molecule has 0 spiro atoms. The molecule has 0 N–H and O–H groups in total. The number of hydrogen-bond donors (Lipinski definition) is 0. The summed E-state index contributed by atoms with van der Waals surface area (Å²) < 4.78 is 5.03. The van der Waals surface area contributed by atoms with E-state index in [4.69, 9.17) is 16.1 Å². The third-order valence-electron chi connectivity index (χ3n) is 3.16. The monoisotopic (exact) mass is 263 g/mol. The van der Waals surface area contributed by atoms with Gasteiger partial charge in [0, 0.05) is 24.3 Å². The fraction of sp³-hybridized carbons (Fsp3) is 0.385. The Hall–Kier alpha value is -1.55. The Kier molecular flexibility index (Phi) is 3.19. The van der Waals surface area contributed by atoms with E-state index in [1.165, 1.54) is 18.5 Å². The normalized spacial score (nSPS) is 15.3. The van der Waals surface area contributed by atoms with Crippen LogP contribution in [-0.2, 0) is 5.88 Å². The van der Waals surface area contributed by atoms with Crippen molar-refractivity contribution in [2.75, 3.05) is 18.0 Å². The molecule has 0 bridgehead atoms. The molecule has 94 valence electrons. The molecule has 1 aliphatic rings. The van der Waals surface area contributed by atoms with Crippen LogP contribution in [0, 0.1) is 0 Å². The lowest BCUT2D eigenvalue weighted by molar-refractivity contribution is 0.391. The first kappa shape index (κ1) is 11.5. The van der Waals surface area contributed by atoms with Gasteiger partial charge < -0.3 is 9.42 Å². The molecule has 0 unspecified atom stereocenters.